The van der Waals surface area contributed by atoms with Crippen LogP contribution in [-0.4, -0.2) is 15.0 Å². The quantitative estimate of drug-likeness (QED) is 0.149. The lowest BCUT2D eigenvalue weighted by Crippen LogP contribution is -2.28. The number of furan rings is 1. The predicted octanol–water partition coefficient (Wildman–Crippen LogP) is 19.1. The third-order valence-electron chi connectivity index (χ3n) is 16.0. The molecule has 12 aromatic carbocycles. The van der Waals surface area contributed by atoms with E-state index in [1.165, 1.54) is 48.9 Å². The number of rotatable bonds is 7. The van der Waals surface area contributed by atoms with E-state index < -0.39 is 5.41 Å². The summed E-state index contributed by atoms with van der Waals surface area (Å²) in [6, 6.07) is 94.2. The summed E-state index contributed by atoms with van der Waals surface area (Å²) in [6.45, 7) is 0. The van der Waals surface area contributed by atoms with E-state index in [0.717, 1.165) is 87.1 Å². The van der Waals surface area contributed by atoms with Gasteiger partial charge in [0, 0.05) is 42.1 Å². The summed E-state index contributed by atoms with van der Waals surface area (Å²) in [6.07, 6.45) is 0. The number of thiophene rings is 1. The summed E-state index contributed by atoms with van der Waals surface area (Å²) in [4.78, 5) is 16.6. The molecule has 1 aliphatic carbocycles. The Bertz CT molecular complexity index is 4780. The van der Waals surface area contributed by atoms with Gasteiger partial charge in [-0.25, -0.2) is 15.0 Å². The number of hydrogen-bond donors (Lipinski definition) is 0. The summed E-state index contributed by atoms with van der Waals surface area (Å²) in [5, 5.41) is 8.79. The molecular weight excluding hydrogens is 955 g/mol. The zero-order valence-electron chi connectivity index (χ0n) is 41.5. The lowest BCUT2D eigenvalue weighted by Gasteiger charge is -2.34. The van der Waals surface area contributed by atoms with Crippen molar-refractivity contribution in [1.29, 1.82) is 0 Å². The van der Waals surface area contributed by atoms with Crippen molar-refractivity contribution in [2.75, 3.05) is 0 Å². The number of aromatic nitrogens is 3. The molecule has 3 heterocycles. The molecule has 4 nitrogen and oxygen atoms in total. The van der Waals surface area contributed by atoms with Gasteiger partial charge in [0.25, 0.3) is 0 Å². The van der Waals surface area contributed by atoms with Crippen molar-refractivity contribution in [3.05, 3.63) is 283 Å². The van der Waals surface area contributed by atoms with Crippen molar-refractivity contribution in [1.82, 2.24) is 15.0 Å². The van der Waals surface area contributed by atoms with Crippen LogP contribution >= 0.6 is 11.3 Å². The van der Waals surface area contributed by atoms with Crippen LogP contribution in [0.4, 0.5) is 0 Å². The highest BCUT2D eigenvalue weighted by Crippen LogP contribution is 2.57. The molecule has 0 atom stereocenters. The summed E-state index contributed by atoms with van der Waals surface area (Å²) in [7, 11) is 0. The Morgan fingerprint density at radius 3 is 1.53 bits per heavy atom. The van der Waals surface area contributed by atoms with Gasteiger partial charge in [-0.3, -0.25) is 0 Å². The Balaban J connectivity index is 0.947. The van der Waals surface area contributed by atoms with Crippen LogP contribution < -0.4 is 0 Å². The molecule has 5 heteroatoms. The fourth-order valence-electron chi connectivity index (χ4n) is 12.7. The molecule has 0 fully saturated rings. The summed E-state index contributed by atoms with van der Waals surface area (Å²) in [5.74, 6) is 1.75. The Hall–Kier alpha value is -9.81. The van der Waals surface area contributed by atoms with Gasteiger partial charge in [-0.15, -0.1) is 11.3 Å². The highest BCUT2D eigenvalue weighted by molar-refractivity contribution is 7.26. The van der Waals surface area contributed by atoms with E-state index in [-0.39, 0.29) is 0 Å². The summed E-state index contributed by atoms with van der Waals surface area (Å²) < 4.78 is 9.22. The van der Waals surface area contributed by atoms with Crippen molar-refractivity contribution in [3.63, 3.8) is 0 Å². The van der Waals surface area contributed by atoms with Crippen molar-refractivity contribution in [2.45, 2.75) is 5.41 Å². The van der Waals surface area contributed by atoms with Gasteiger partial charge in [0.1, 0.15) is 11.2 Å². The average molecular weight is 998 g/mol. The van der Waals surface area contributed by atoms with E-state index in [1.54, 1.807) is 11.3 Å². The Kier molecular flexibility index (Phi) is 9.69. The van der Waals surface area contributed by atoms with Crippen LogP contribution in [0.15, 0.2) is 265 Å². The van der Waals surface area contributed by atoms with Crippen molar-refractivity contribution >= 4 is 75.0 Å². The highest BCUT2D eigenvalue weighted by Gasteiger charge is 2.46. The Morgan fingerprint density at radius 1 is 0.312 bits per heavy atom. The lowest BCUT2D eigenvalue weighted by molar-refractivity contribution is 0.669. The summed E-state index contributed by atoms with van der Waals surface area (Å²) in [5.41, 5.74) is 15.9. The molecule has 358 valence electrons. The molecular formula is C72H43N3OS. The van der Waals surface area contributed by atoms with Crippen molar-refractivity contribution in [3.8, 4) is 67.5 Å². The lowest BCUT2D eigenvalue weighted by atomic mass is 9.67. The first-order valence-corrected chi connectivity index (χ1v) is 27.0. The van der Waals surface area contributed by atoms with E-state index >= 15 is 0 Å². The number of fused-ring (bicyclic) bond motifs is 11. The zero-order valence-corrected chi connectivity index (χ0v) is 42.3. The van der Waals surface area contributed by atoms with Gasteiger partial charge in [-0.2, -0.15) is 0 Å². The minimum atomic E-state index is -0.544. The minimum absolute atomic E-state index is 0.544. The average Bonchev–Trinajstić information content (AvgIpc) is 4.41. The molecule has 0 N–H and O–H groups in total. The standard InChI is InChI=1S/C72H43N3OS/c1-3-20-44(21-4-1)45-40-41-63-60(43-45)56-33-18-35-58(67(56)76-63)69-73-70(59-36-19-34-57-51-28-13-16-39-64(51)77-68(57)59)75-71(74-69)66-54-31-9-7-29-52(54)65(53-30-8-10-32-55(53)66)46-22-17-25-48(42-46)72(47-23-5-2-6-24-47)61-37-14-11-26-49(61)50-27-12-15-38-62(50)72/h1-43H. The third kappa shape index (κ3) is 6.54. The van der Waals surface area contributed by atoms with Crippen LogP contribution in [-0.2, 0) is 5.41 Å². The maximum atomic E-state index is 6.86. The van der Waals surface area contributed by atoms with E-state index in [4.69, 9.17) is 19.4 Å². The van der Waals surface area contributed by atoms with E-state index in [2.05, 4.69) is 261 Å². The maximum Gasteiger partial charge on any atom is 0.167 e. The molecule has 0 saturated carbocycles. The van der Waals surface area contributed by atoms with Crippen molar-refractivity contribution in [2.24, 2.45) is 0 Å². The molecule has 1 aliphatic rings. The van der Waals surface area contributed by atoms with Gasteiger partial charge in [0.2, 0.25) is 0 Å². The fourth-order valence-corrected chi connectivity index (χ4v) is 13.9. The molecule has 0 saturated heterocycles. The zero-order chi connectivity index (χ0) is 50.6. The molecule has 0 spiro atoms. The minimum Gasteiger partial charge on any atom is -0.455 e. The van der Waals surface area contributed by atoms with Gasteiger partial charge in [0.15, 0.2) is 17.5 Å². The molecule has 77 heavy (non-hydrogen) atoms. The maximum absolute atomic E-state index is 6.86. The van der Waals surface area contributed by atoms with Crippen LogP contribution in [0.2, 0.25) is 0 Å². The normalized spacial score (nSPS) is 12.8. The van der Waals surface area contributed by atoms with E-state index in [1.807, 2.05) is 0 Å². The van der Waals surface area contributed by atoms with Gasteiger partial charge in [-0.1, -0.05) is 224 Å². The third-order valence-corrected chi connectivity index (χ3v) is 17.2. The molecule has 3 aromatic heterocycles. The second-order valence-corrected chi connectivity index (χ2v) is 21.1. The van der Waals surface area contributed by atoms with Crippen LogP contribution in [0.3, 0.4) is 0 Å². The van der Waals surface area contributed by atoms with Crippen molar-refractivity contribution < 1.29 is 4.42 Å². The second-order valence-electron chi connectivity index (χ2n) is 20.1. The highest BCUT2D eigenvalue weighted by atomic mass is 32.1. The Morgan fingerprint density at radius 2 is 0.818 bits per heavy atom. The second kappa shape index (κ2) is 17.1. The molecule has 0 bridgehead atoms. The molecule has 15 aromatic rings. The molecule has 0 unspecified atom stereocenters. The van der Waals surface area contributed by atoms with Crippen LogP contribution in [0.5, 0.6) is 0 Å². The molecule has 16 rings (SSSR count). The number of nitrogens with zero attached hydrogens (tertiary/aromatic N) is 3. The topological polar surface area (TPSA) is 51.8 Å². The number of hydrogen-bond acceptors (Lipinski definition) is 5. The smallest absolute Gasteiger partial charge is 0.167 e. The van der Waals surface area contributed by atoms with Gasteiger partial charge in [-0.05, 0) is 114 Å². The van der Waals surface area contributed by atoms with E-state index in [9.17, 15) is 0 Å². The van der Waals surface area contributed by atoms with Gasteiger partial charge >= 0.3 is 0 Å². The van der Waals surface area contributed by atoms with Gasteiger partial charge in [0.05, 0.1) is 11.0 Å². The fraction of sp³-hybridized carbons (Fsp3) is 0.0139. The van der Waals surface area contributed by atoms with Crippen LogP contribution in [0.25, 0.3) is 131 Å². The Labute approximate surface area is 447 Å². The SMILES string of the molecule is c1ccc(-c2ccc3oc4c(-c5nc(-c6c7ccccc7c(-c7cccc(C8(c9ccccc9)c9ccccc9-c9ccccc98)c7)c7ccccc67)nc(-c6cccc7c6sc6ccccc67)n5)cccc4c3c2)cc1. The number of benzene rings is 12. The van der Waals surface area contributed by atoms with Crippen LogP contribution in [0, 0.1) is 0 Å². The monoisotopic (exact) mass is 997 g/mol. The predicted molar refractivity (Wildman–Crippen MR) is 319 cm³/mol. The first-order valence-electron chi connectivity index (χ1n) is 26.2. The first kappa shape index (κ1) is 43.6. The van der Waals surface area contributed by atoms with Crippen LogP contribution in [0.1, 0.15) is 22.3 Å². The molecule has 0 amide bonds. The molecule has 0 aliphatic heterocycles. The molecule has 0 radical (unpaired) electrons. The number of para-hydroxylation sites is 1. The largest absolute Gasteiger partial charge is 0.455 e. The summed E-state index contributed by atoms with van der Waals surface area (Å²) >= 11 is 1.78. The van der Waals surface area contributed by atoms with E-state index in [0.29, 0.717) is 17.5 Å². The van der Waals surface area contributed by atoms with Gasteiger partial charge < -0.3 is 4.42 Å². The first-order chi connectivity index (χ1) is 38.2.